The number of rotatable bonds is 1. The van der Waals surface area contributed by atoms with Gasteiger partial charge >= 0.3 is 0 Å². The number of thiazole rings is 1. The van der Waals surface area contributed by atoms with E-state index in [1.54, 1.807) is 12.3 Å². The van der Waals surface area contributed by atoms with Gasteiger partial charge in [-0.15, -0.1) is 11.3 Å². The van der Waals surface area contributed by atoms with E-state index in [1.807, 2.05) is 23.6 Å². The van der Waals surface area contributed by atoms with E-state index in [-0.39, 0.29) is 12.1 Å². The Bertz CT molecular complexity index is 524. The molecule has 16 heavy (non-hydrogen) atoms. The Hall–Kier alpha value is -1.88. The molecule has 0 spiro atoms. The standard InChI is InChI=1S/C11H9N3OS/c15-10-7-3-1-2-4-8(7)13-9(14-10)11-12-5-6-16-11/h1-6,9,13H,(H,14,15)/t9-/m0/s1. The highest BCUT2D eigenvalue weighted by Gasteiger charge is 2.25. The van der Waals surface area contributed by atoms with Gasteiger partial charge in [0.2, 0.25) is 0 Å². The summed E-state index contributed by atoms with van der Waals surface area (Å²) in [4.78, 5) is 16.0. The van der Waals surface area contributed by atoms with Crippen LogP contribution in [-0.4, -0.2) is 10.9 Å². The number of carbonyl (C=O) groups is 1. The van der Waals surface area contributed by atoms with Crippen LogP contribution in [0, 0.1) is 0 Å². The molecular formula is C11H9N3OS. The van der Waals surface area contributed by atoms with Crippen LogP contribution in [0.4, 0.5) is 5.69 Å². The molecule has 1 atom stereocenters. The third-order valence-corrected chi connectivity index (χ3v) is 3.29. The Kier molecular flexibility index (Phi) is 2.11. The number of para-hydroxylation sites is 1. The second-order valence-electron chi connectivity index (χ2n) is 3.47. The molecule has 0 saturated heterocycles. The number of aromatic nitrogens is 1. The van der Waals surface area contributed by atoms with Gasteiger partial charge in [0.1, 0.15) is 5.01 Å². The highest BCUT2D eigenvalue weighted by atomic mass is 32.1. The van der Waals surface area contributed by atoms with Crippen LogP contribution in [0.3, 0.4) is 0 Å². The van der Waals surface area contributed by atoms with Gasteiger partial charge in [-0.1, -0.05) is 12.1 Å². The summed E-state index contributed by atoms with van der Waals surface area (Å²) >= 11 is 1.52. The molecular weight excluding hydrogens is 222 g/mol. The van der Waals surface area contributed by atoms with E-state index in [1.165, 1.54) is 11.3 Å². The van der Waals surface area contributed by atoms with Crippen molar-refractivity contribution in [3.8, 4) is 0 Å². The van der Waals surface area contributed by atoms with Gasteiger partial charge in [-0.05, 0) is 12.1 Å². The molecule has 2 heterocycles. The number of amides is 1. The van der Waals surface area contributed by atoms with Crippen molar-refractivity contribution in [1.82, 2.24) is 10.3 Å². The summed E-state index contributed by atoms with van der Waals surface area (Å²) in [5.41, 5.74) is 1.53. The predicted octanol–water partition coefficient (Wildman–Crippen LogP) is 2.00. The van der Waals surface area contributed by atoms with E-state index in [0.29, 0.717) is 5.56 Å². The van der Waals surface area contributed by atoms with Crippen molar-refractivity contribution in [1.29, 1.82) is 0 Å². The molecule has 2 aromatic rings. The molecule has 0 radical (unpaired) electrons. The van der Waals surface area contributed by atoms with E-state index in [4.69, 9.17) is 0 Å². The first-order chi connectivity index (χ1) is 7.84. The maximum absolute atomic E-state index is 11.8. The quantitative estimate of drug-likeness (QED) is 0.789. The van der Waals surface area contributed by atoms with Crippen LogP contribution >= 0.6 is 11.3 Å². The van der Waals surface area contributed by atoms with Crippen LogP contribution in [0.25, 0.3) is 0 Å². The van der Waals surface area contributed by atoms with Crippen molar-refractivity contribution in [2.75, 3.05) is 5.32 Å². The Morgan fingerprint density at radius 2 is 2.12 bits per heavy atom. The lowest BCUT2D eigenvalue weighted by Gasteiger charge is -2.26. The lowest BCUT2D eigenvalue weighted by Crippen LogP contribution is -2.38. The van der Waals surface area contributed by atoms with E-state index < -0.39 is 0 Å². The van der Waals surface area contributed by atoms with Gasteiger partial charge in [-0.25, -0.2) is 4.98 Å². The number of nitrogens with one attached hydrogen (secondary N) is 2. The maximum atomic E-state index is 11.8. The lowest BCUT2D eigenvalue weighted by molar-refractivity contribution is 0.0935. The van der Waals surface area contributed by atoms with Crippen LogP contribution in [0.1, 0.15) is 21.5 Å². The smallest absolute Gasteiger partial charge is 0.255 e. The first kappa shape index (κ1) is 9.35. The first-order valence-corrected chi connectivity index (χ1v) is 5.78. The molecule has 0 fully saturated rings. The summed E-state index contributed by atoms with van der Waals surface area (Å²) in [5.74, 6) is -0.0606. The molecule has 1 aromatic heterocycles. The lowest BCUT2D eigenvalue weighted by atomic mass is 10.1. The van der Waals surface area contributed by atoms with Gasteiger partial charge in [-0.2, -0.15) is 0 Å². The molecule has 1 aliphatic heterocycles. The van der Waals surface area contributed by atoms with Crippen molar-refractivity contribution < 1.29 is 4.79 Å². The highest BCUT2D eigenvalue weighted by molar-refractivity contribution is 7.09. The number of nitrogens with zero attached hydrogens (tertiary/aromatic N) is 1. The third-order valence-electron chi connectivity index (χ3n) is 2.45. The van der Waals surface area contributed by atoms with E-state index in [2.05, 4.69) is 15.6 Å². The summed E-state index contributed by atoms with van der Waals surface area (Å²) in [6, 6.07) is 7.46. The zero-order valence-electron chi connectivity index (χ0n) is 8.31. The van der Waals surface area contributed by atoms with Crippen LogP contribution in [0.2, 0.25) is 0 Å². The molecule has 2 N–H and O–H groups in total. The van der Waals surface area contributed by atoms with Crippen molar-refractivity contribution in [2.24, 2.45) is 0 Å². The fraction of sp³-hybridized carbons (Fsp3) is 0.0909. The fourth-order valence-electron chi connectivity index (χ4n) is 1.71. The Morgan fingerprint density at radius 1 is 1.25 bits per heavy atom. The predicted molar refractivity (Wildman–Crippen MR) is 62.4 cm³/mol. The SMILES string of the molecule is O=C1N[C@@H](c2nccs2)Nc2ccccc21. The molecule has 4 nitrogen and oxygen atoms in total. The van der Waals surface area contributed by atoms with Crippen molar-refractivity contribution in [3.05, 3.63) is 46.4 Å². The van der Waals surface area contributed by atoms with E-state index in [9.17, 15) is 4.79 Å². The Labute approximate surface area is 96.3 Å². The van der Waals surface area contributed by atoms with Crippen LogP contribution in [-0.2, 0) is 0 Å². The number of hydrogen-bond acceptors (Lipinski definition) is 4. The average molecular weight is 231 g/mol. The van der Waals surface area contributed by atoms with Gasteiger partial charge in [0, 0.05) is 17.3 Å². The fourth-order valence-corrected chi connectivity index (χ4v) is 2.34. The normalized spacial score (nSPS) is 18.5. The average Bonchev–Trinajstić information content (AvgIpc) is 2.82. The molecule has 1 amide bonds. The second-order valence-corrected chi connectivity index (χ2v) is 4.39. The Morgan fingerprint density at radius 3 is 2.94 bits per heavy atom. The minimum Gasteiger partial charge on any atom is -0.359 e. The van der Waals surface area contributed by atoms with Crippen molar-refractivity contribution in [2.45, 2.75) is 6.17 Å². The molecule has 1 aliphatic rings. The molecule has 1 aromatic carbocycles. The topological polar surface area (TPSA) is 54.0 Å². The summed E-state index contributed by atoms with van der Waals surface area (Å²) in [6.45, 7) is 0. The third kappa shape index (κ3) is 1.45. The largest absolute Gasteiger partial charge is 0.359 e. The van der Waals surface area contributed by atoms with Crippen LogP contribution < -0.4 is 10.6 Å². The summed E-state index contributed by atoms with van der Waals surface area (Å²) in [5, 5.41) is 8.87. The van der Waals surface area contributed by atoms with Crippen LogP contribution in [0.15, 0.2) is 35.8 Å². The van der Waals surface area contributed by atoms with Gasteiger partial charge in [-0.3, -0.25) is 4.79 Å². The molecule has 0 bridgehead atoms. The molecule has 0 saturated carbocycles. The zero-order chi connectivity index (χ0) is 11.0. The van der Waals surface area contributed by atoms with E-state index >= 15 is 0 Å². The molecule has 0 aliphatic carbocycles. The Balaban J connectivity index is 1.98. The number of carbonyl (C=O) groups excluding carboxylic acids is 1. The molecule has 5 heteroatoms. The molecule has 0 unspecified atom stereocenters. The number of hydrogen-bond donors (Lipinski definition) is 2. The monoisotopic (exact) mass is 231 g/mol. The summed E-state index contributed by atoms with van der Waals surface area (Å²) < 4.78 is 0. The molecule has 3 rings (SSSR count). The minimum absolute atomic E-state index is 0.0606. The minimum atomic E-state index is -0.220. The second kappa shape index (κ2) is 3.61. The number of benzene rings is 1. The van der Waals surface area contributed by atoms with Crippen LogP contribution in [0.5, 0.6) is 0 Å². The maximum Gasteiger partial charge on any atom is 0.255 e. The zero-order valence-corrected chi connectivity index (χ0v) is 9.12. The van der Waals surface area contributed by atoms with Gasteiger partial charge < -0.3 is 10.6 Å². The van der Waals surface area contributed by atoms with Crippen molar-refractivity contribution >= 4 is 22.9 Å². The van der Waals surface area contributed by atoms with Gasteiger partial charge in [0.25, 0.3) is 5.91 Å². The highest BCUT2D eigenvalue weighted by Crippen LogP contribution is 2.26. The van der Waals surface area contributed by atoms with Gasteiger partial charge in [0.05, 0.1) is 5.56 Å². The van der Waals surface area contributed by atoms with Gasteiger partial charge in [0.15, 0.2) is 6.17 Å². The first-order valence-electron chi connectivity index (χ1n) is 4.90. The van der Waals surface area contributed by atoms with Crippen molar-refractivity contribution in [3.63, 3.8) is 0 Å². The summed E-state index contributed by atoms with van der Waals surface area (Å²) in [6.07, 6.45) is 1.51. The van der Waals surface area contributed by atoms with E-state index in [0.717, 1.165) is 10.7 Å². The number of anilines is 1. The summed E-state index contributed by atoms with van der Waals surface area (Å²) in [7, 11) is 0. The molecule has 80 valence electrons. The number of fused-ring (bicyclic) bond motifs is 1.